The van der Waals surface area contributed by atoms with E-state index in [1.54, 1.807) is 30.3 Å². The highest BCUT2D eigenvalue weighted by Crippen LogP contribution is 2.29. The van der Waals surface area contributed by atoms with E-state index in [0.717, 1.165) is 27.3 Å². The fraction of sp³-hybridized carbons (Fsp3) is 0.355. The molecule has 0 spiro atoms. The van der Waals surface area contributed by atoms with Crippen LogP contribution >= 0.6 is 23.2 Å². The molecule has 0 bridgehead atoms. The van der Waals surface area contributed by atoms with E-state index in [9.17, 15) is 18.0 Å². The van der Waals surface area contributed by atoms with Gasteiger partial charge in [-0.3, -0.25) is 13.9 Å². The third kappa shape index (κ3) is 8.47. The van der Waals surface area contributed by atoms with E-state index < -0.39 is 28.5 Å². The number of hydrogen-bond acceptors (Lipinski definition) is 4. The first-order valence-electron chi connectivity index (χ1n) is 13.4. The van der Waals surface area contributed by atoms with Crippen LogP contribution in [0.5, 0.6) is 0 Å². The zero-order chi connectivity index (χ0) is 30.3. The number of benzene rings is 3. The van der Waals surface area contributed by atoms with Crippen molar-refractivity contribution in [2.75, 3.05) is 17.1 Å². The van der Waals surface area contributed by atoms with E-state index in [0.29, 0.717) is 27.7 Å². The van der Waals surface area contributed by atoms with Crippen molar-refractivity contribution in [3.63, 3.8) is 0 Å². The third-order valence-corrected chi connectivity index (χ3v) is 9.02. The predicted molar refractivity (Wildman–Crippen MR) is 167 cm³/mol. The Morgan fingerprint density at radius 1 is 0.927 bits per heavy atom. The quantitative estimate of drug-likeness (QED) is 0.273. The first-order valence-corrected chi connectivity index (χ1v) is 16.0. The van der Waals surface area contributed by atoms with E-state index in [2.05, 4.69) is 5.32 Å². The van der Waals surface area contributed by atoms with Crippen LogP contribution in [-0.4, -0.2) is 50.0 Å². The number of aryl methyl sites for hydroxylation is 1. The van der Waals surface area contributed by atoms with Gasteiger partial charge in [-0.1, -0.05) is 78.7 Å². The normalized spacial score (nSPS) is 12.9. The van der Waals surface area contributed by atoms with Gasteiger partial charge in [0.2, 0.25) is 21.8 Å². The van der Waals surface area contributed by atoms with Crippen molar-refractivity contribution in [1.82, 2.24) is 10.2 Å². The Morgan fingerprint density at radius 2 is 1.54 bits per heavy atom. The van der Waals surface area contributed by atoms with Crippen molar-refractivity contribution in [2.24, 2.45) is 0 Å². The summed E-state index contributed by atoms with van der Waals surface area (Å²) in [6.45, 7) is 6.94. The zero-order valence-corrected chi connectivity index (χ0v) is 26.4. The van der Waals surface area contributed by atoms with E-state index >= 15 is 0 Å². The highest BCUT2D eigenvalue weighted by Gasteiger charge is 2.34. The average molecular weight is 619 g/mol. The van der Waals surface area contributed by atoms with Gasteiger partial charge < -0.3 is 10.2 Å². The maximum Gasteiger partial charge on any atom is 0.244 e. The Labute approximate surface area is 253 Å². The summed E-state index contributed by atoms with van der Waals surface area (Å²) in [6.07, 6.45) is 1.97. The second-order valence-corrected chi connectivity index (χ2v) is 13.0. The van der Waals surface area contributed by atoms with Crippen LogP contribution in [0.25, 0.3) is 0 Å². The van der Waals surface area contributed by atoms with Crippen LogP contribution in [0.15, 0.2) is 66.7 Å². The number of nitrogens with one attached hydrogen (secondary N) is 1. The SMILES string of the molecule is CC[C@H](C)NC(=O)[C@H](Cc1ccccc1)N(Cc1c(Cl)cccc1Cl)C(=O)CN(c1cccc(C)c1C)S(C)(=O)=O. The maximum atomic E-state index is 14.2. The molecular formula is C31H37Cl2N3O4S. The molecule has 7 nitrogen and oxygen atoms in total. The van der Waals surface area contributed by atoms with E-state index in [1.165, 1.54) is 4.90 Å². The summed E-state index contributed by atoms with van der Waals surface area (Å²) in [7, 11) is -3.87. The highest BCUT2D eigenvalue weighted by molar-refractivity contribution is 7.92. The van der Waals surface area contributed by atoms with Gasteiger partial charge in [-0.25, -0.2) is 8.42 Å². The van der Waals surface area contributed by atoms with Crippen LogP contribution in [0, 0.1) is 13.8 Å². The van der Waals surface area contributed by atoms with Gasteiger partial charge in [0.25, 0.3) is 0 Å². The molecule has 0 unspecified atom stereocenters. The fourth-order valence-corrected chi connectivity index (χ4v) is 5.87. The second-order valence-electron chi connectivity index (χ2n) is 10.2. The number of amides is 2. The Balaban J connectivity index is 2.13. The molecular weight excluding hydrogens is 581 g/mol. The first kappa shape index (κ1) is 32.4. The zero-order valence-electron chi connectivity index (χ0n) is 24.0. The largest absolute Gasteiger partial charge is 0.352 e. The lowest BCUT2D eigenvalue weighted by Crippen LogP contribution is -2.54. The van der Waals surface area contributed by atoms with Crippen LogP contribution < -0.4 is 9.62 Å². The predicted octanol–water partition coefficient (Wildman–Crippen LogP) is 5.93. The number of halogens is 2. The van der Waals surface area contributed by atoms with Gasteiger partial charge in [0, 0.05) is 34.6 Å². The molecule has 3 rings (SSSR count). The molecule has 3 aromatic rings. The van der Waals surface area contributed by atoms with Crippen molar-refractivity contribution >= 4 is 50.7 Å². The number of hydrogen-bond donors (Lipinski definition) is 1. The lowest BCUT2D eigenvalue weighted by molar-refractivity contribution is -0.140. The number of nitrogens with zero attached hydrogens (tertiary/aromatic N) is 2. The Hall–Kier alpha value is -3.07. The van der Waals surface area contributed by atoms with Gasteiger partial charge in [-0.05, 0) is 62.1 Å². The average Bonchev–Trinajstić information content (AvgIpc) is 2.92. The summed E-state index contributed by atoms with van der Waals surface area (Å²) in [5, 5.41) is 3.68. The third-order valence-electron chi connectivity index (χ3n) is 7.19. The molecule has 0 saturated heterocycles. The van der Waals surface area contributed by atoms with Crippen LogP contribution in [0.4, 0.5) is 5.69 Å². The van der Waals surface area contributed by atoms with E-state index in [1.807, 2.05) is 64.1 Å². The molecule has 0 saturated carbocycles. The lowest BCUT2D eigenvalue weighted by Gasteiger charge is -2.34. The van der Waals surface area contributed by atoms with Crippen molar-refractivity contribution in [3.8, 4) is 0 Å². The molecule has 0 aliphatic heterocycles. The number of sulfonamides is 1. The van der Waals surface area contributed by atoms with E-state index in [4.69, 9.17) is 23.2 Å². The molecule has 0 aliphatic carbocycles. The van der Waals surface area contributed by atoms with Crippen molar-refractivity contribution in [3.05, 3.63) is 99.0 Å². The molecule has 0 heterocycles. The molecule has 0 fully saturated rings. The number of carbonyl (C=O) groups is 2. The number of rotatable bonds is 12. The van der Waals surface area contributed by atoms with Crippen LogP contribution in [-0.2, 0) is 32.6 Å². The van der Waals surface area contributed by atoms with E-state index in [-0.39, 0.29) is 24.9 Å². The molecule has 3 aromatic carbocycles. The summed E-state index contributed by atoms with van der Waals surface area (Å²) < 4.78 is 27.2. The topological polar surface area (TPSA) is 86.8 Å². The Kier molecular flexibility index (Phi) is 11.2. The summed E-state index contributed by atoms with van der Waals surface area (Å²) in [5.41, 5.74) is 3.34. The Bertz CT molecular complexity index is 1460. The van der Waals surface area contributed by atoms with Crippen molar-refractivity contribution in [2.45, 2.75) is 59.2 Å². The summed E-state index contributed by atoms with van der Waals surface area (Å²) in [5.74, 6) is -0.912. The van der Waals surface area contributed by atoms with Crippen molar-refractivity contribution < 1.29 is 18.0 Å². The molecule has 10 heteroatoms. The second kappa shape index (κ2) is 14.2. The highest BCUT2D eigenvalue weighted by atomic mass is 35.5. The molecule has 0 aromatic heterocycles. The van der Waals surface area contributed by atoms with Crippen molar-refractivity contribution in [1.29, 1.82) is 0 Å². The molecule has 2 amide bonds. The molecule has 1 N–H and O–H groups in total. The molecule has 2 atom stereocenters. The van der Waals surface area contributed by atoms with Gasteiger partial charge in [-0.2, -0.15) is 0 Å². The van der Waals surface area contributed by atoms with Crippen LogP contribution in [0.2, 0.25) is 10.0 Å². The molecule has 220 valence electrons. The fourth-order valence-electron chi connectivity index (χ4n) is 4.45. The van der Waals surface area contributed by atoms with Gasteiger partial charge >= 0.3 is 0 Å². The van der Waals surface area contributed by atoms with Gasteiger partial charge in [-0.15, -0.1) is 0 Å². The molecule has 0 radical (unpaired) electrons. The number of anilines is 1. The molecule has 0 aliphatic rings. The summed E-state index contributed by atoms with van der Waals surface area (Å²) >= 11 is 13.0. The first-order chi connectivity index (χ1) is 19.3. The van der Waals surface area contributed by atoms with Crippen LogP contribution in [0.1, 0.15) is 42.5 Å². The maximum absolute atomic E-state index is 14.2. The summed E-state index contributed by atoms with van der Waals surface area (Å²) in [6, 6.07) is 18.6. The minimum absolute atomic E-state index is 0.0901. The summed E-state index contributed by atoms with van der Waals surface area (Å²) in [4.78, 5) is 29.4. The van der Waals surface area contributed by atoms with Gasteiger partial charge in [0.05, 0.1) is 11.9 Å². The minimum atomic E-state index is -3.87. The van der Waals surface area contributed by atoms with Crippen LogP contribution in [0.3, 0.4) is 0 Å². The number of carbonyl (C=O) groups excluding carboxylic acids is 2. The molecule has 41 heavy (non-hydrogen) atoms. The minimum Gasteiger partial charge on any atom is -0.352 e. The Morgan fingerprint density at radius 3 is 2.12 bits per heavy atom. The monoisotopic (exact) mass is 617 g/mol. The lowest BCUT2D eigenvalue weighted by atomic mass is 10.0. The van der Waals surface area contributed by atoms with Gasteiger partial charge in [0.1, 0.15) is 12.6 Å². The van der Waals surface area contributed by atoms with Gasteiger partial charge in [0.15, 0.2) is 0 Å². The smallest absolute Gasteiger partial charge is 0.244 e. The standard InChI is InChI=1S/C31H37Cl2N3O4S/c1-6-22(3)34-31(38)29(18-24-13-8-7-9-14-24)35(19-25-26(32)15-11-16-27(25)33)30(37)20-36(41(5,39)40)28-17-10-12-21(2)23(28)4/h7-17,22,29H,6,18-20H2,1-5H3,(H,34,38)/t22-,29-/m0/s1.